The minimum atomic E-state index is 0.0766. The van der Waals surface area contributed by atoms with Crippen molar-refractivity contribution in [2.24, 2.45) is 5.41 Å². The zero-order valence-corrected chi connectivity index (χ0v) is 15.5. The molecule has 2 heterocycles. The zero-order chi connectivity index (χ0) is 14.8. The van der Waals surface area contributed by atoms with Crippen LogP contribution in [0.4, 0.5) is 0 Å². The predicted molar refractivity (Wildman–Crippen MR) is 93.3 cm³/mol. The van der Waals surface area contributed by atoms with E-state index in [1.54, 1.807) is 11.3 Å². The lowest BCUT2D eigenvalue weighted by molar-refractivity contribution is 0.0956. The quantitative estimate of drug-likeness (QED) is 0.786. The van der Waals surface area contributed by atoms with Crippen molar-refractivity contribution in [2.75, 3.05) is 12.3 Å². The van der Waals surface area contributed by atoms with E-state index < -0.39 is 0 Å². The van der Waals surface area contributed by atoms with Gasteiger partial charge in [0.05, 0.1) is 4.88 Å². The molecule has 112 valence electrons. The summed E-state index contributed by atoms with van der Waals surface area (Å²) >= 11 is 7.28. The lowest BCUT2D eigenvalue weighted by atomic mass is 9.90. The van der Waals surface area contributed by atoms with E-state index in [0.717, 1.165) is 23.5 Å². The maximum Gasteiger partial charge on any atom is 0.261 e. The van der Waals surface area contributed by atoms with Crippen molar-refractivity contribution in [1.29, 1.82) is 0 Å². The Balaban J connectivity index is 1.87. The smallest absolute Gasteiger partial charge is 0.261 e. The van der Waals surface area contributed by atoms with E-state index in [-0.39, 0.29) is 11.3 Å². The molecule has 5 heteroatoms. The first-order chi connectivity index (χ1) is 9.35. The molecule has 1 amide bonds. The number of carbonyl (C=O) groups excluding carboxylic acids is 1. The number of carbonyl (C=O) groups is 1. The van der Waals surface area contributed by atoms with Crippen molar-refractivity contribution >= 4 is 44.9 Å². The summed E-state index contributed by atoms with van der Waals surface area (Å²) in [5.74, 6) is 2.32. The van der Waals surface area contributed by atoms with E-state index in [1.165, 1.54) is 16.2 Å². The molecule has 0 bridgehead atoms. The molecule has 1 aliphatic heterocycles. The van der Waals surface area contributed by atoms with Gasteiger partial charge in [0.25, 0.3) is 5.91 Å². The van der Waals surface area contributed by atoms with Gasteiger partial charge in [-0.05, 0) is 35.6 Å². The summed E-state index contributed by atoms with van der Waals surface area (Å²) in [6, 6.07) is 2.08. The third-order valence-electron chi connectivity index (χ3n) is 3.17. The highest BCUT2D eigenvalue weighted by atomic mass is 79.9. The number of thioether (sulfide) groups is 1. The molecule has 0 fully saturated rings. The van der Waals surface area contributed by atoms with Crippen molar-refractivity contribution in [3.05, 3.63) is 21.4 Å². The number of rotatable bonds is 4. The number of aryl methyl sites for hydroxylation is 1. The lowest BCUT2D eigenvalue weighted by Crippen LogP contribution is -2.30. The van der Waals surface area contributed by atoms with Gasteiger partial charge in [-0.25, -0.2) is 0 Å². The third kappa shape index (κ3) is 4.78. The van der Waals surface area contributed by atoms with Crippen LogP contribution in [0.25, 0.3) is 0 Å². The summed E-state index contributed by atoms with van der Waals surface area (Å²) in [4.78, 5) is 14.8. The minimum Gasteiger partial charge on any atom is -0.350 e. The summed E-state index contributed by atoms with van der Waals surface area (Å²) in [6.07, 6.45) is 2.16. The van der Waals surface area contributed by atoms with Crippen LogP contribution in [0.15, 0.2) is 6.07 Å². The maximum atomic E-state index is 12.2. The first-order valence-electron chi connectivity index (χ1n) is 6.97. The lowest BCUT2D eigenvalue weighted by Gasteiger charge is -2.22. The van der Waals surface area contributed by atoms with Crippen molar-refractivity contribution in [3.8, 4) is 0 Å². The summed E-state index contributed by atoms with van der Waals surface area (Å²) in [5, 5.41) is 3.05. The maximum absolute atomic E-state index is 12.2. The molecule has 0 radical (unpaired) electrons. The summed E-state index contributed by atoms with van der Waals surface area (Å²) in [7, 11) is 0. The number of thiophene rings is 1. The van der Waals surface area contributed by atoms with Gasteiger partial charge >= 0.3 is 0 Å². The molecule has 2 nitrogen and oxygen atoms in total. The van der Waals surface area contributed by atoms with Crippen molar-refractivity contribution in [1.82, 2.24) is 5.32 Å². The third-order valence-corrected chi connectivity index (χ3v) is 6.06. The average molecular weight is 376 g/mol. The molecule has 1 aliphatic rings. The summed E-state index contributed by atoms with van der Waals surface area (Å²) in [5.41, 5.74) is 1.64. The van der Waals surface area contributed by atoms with Crippen LogP contribution < -0.4 is 5.32 Å². The van der Waals surface area contributed by atoms with Crippen LogP contribution in [0.2, 0.25) is 0 Å². The van der Waals surface area contributed by atoms with Crippen molar-refractivity contribution < 1.29 is 4.79 Å². The summed E-state index contributed by atoms with van der Waals surface area (Å²) < 4.78 is 0. The fourth-order valence-electron chi connectivity index (χ4n) is 2.29. The number of hydrogen-bond donors (Lipinski definition) is 1. The first kappa shape index (κ1) is 16.4. The molecule has 1 unspecified atom stereocenters. The normalized spacial score (nSPS) is 16.6. The van der Waals surface area contributed by atoms with E-state index >= 15 is 0 Å². The molecule has 0 saturated heterocycles. The van der Waals surface area contributed by atoms with Gasteiger partial charge in [0.2, 0.25) is 0 Å². The monoisotopic (exact) mass is 375 g/mol. The van der Waals surface area contributed by atoms with Crippen LogP contribution in [0.5, 0.6) is 0 Å². The Bertz CT molecular complexity index is 455. The molecular formula is C15H22BrNOS2. The van der Waals surface area contributed by atoms with E-state index in [9.17, 15) is 4.79 Å². The molecular weight excluding hydrogens is 354 g/mol. The molecule has 0 spiro atoms. The number of halogens is 1. The summed E-state index contributed by atoms with van der Waals surface area (Å²) in [6.45, 7) is 7.34. The van der Waals surface area contributed by atoms with Crippen LogP contribution in [-0.4, -0.2) is 23.0 Å². The van der Waals surface area contributed by atoms with Gasteiger partial charge in [-0.1, -0.05) is 36.7 Å². The second-order valence-electron chi connectivity index (χ2n) is 6.43. The topological polar surface area (TPSA) is 29.1 Å². The van der Waals surface area contributed by atoms with E-state index in [1.807, 2.05) is 11.8 Å². The fraction of sp³-hybridized carbons (Fsp3) is 0.667. The molecule has 1 atom stereocenters. The second-order valence-corrected chi connectivity index (χ2v) is 9.97. The van der Waals surface area contributed by atoms with Gasteiger partial charge in [-0.15, -0.1) is 11.3 Å². The van der Waals surface area contributed by atoms with E-state index in [2.05, 4.69) is 48.1 Å². The Labute approximate surface area is 138 Å². The first-order valence-corrected chi connectivity index (χ1v) is 9.85. The molecule has 2 rings (SSSR count). The van der Waals surface area contributed by atoms with Crippen LogP contribution in [0, 0.1) is 5.41 Å². The van der Waals surface area contributed by atoms with E-state index in [4.69, 9.17) is 0 Å². The molecule has 0 aliphatic carbocycles. The van der Waals surface area contributed by atoms with Crippen LogP contribution >= 0.6 is 39.0 Å². The highest BCUT2D eigenvalue weighted by Gasteiger charge is 2.20. The molecule has 0 saturated carbocycles. The number of fused-ring (bicyclic) bond motifs is 1. The Hall–Kier alpha value is -0.000000000000000111. The van der Waals surface area contributed by atoms with Gasteiger partial charge in [-0.2, -0.15) is 11.8 Å². The number of nitrogens with one attached hydrogen (secondary N) is 1. The predicted octanol–water partition coefficient (Wildman–Crippen LogP) is 4.47. The van der Waals surface area contributed by atoms with E-state index in [0.29, 0.717) is 11.4 Å². The molecule has 1 aromatic rings. The Morgan fingerprint density at radius 2 is 2.25 bits per heavy atom. The van der Waals surface area contributed by atoms with Gasteiger partial charge in [0.15, 0.2) is 0 Å². The fourth-order valence-corrected chi connectivity index (χ4v) is 5.71. The molecule has 20 heavy (non-hydrogen) atoms. The standard InChI is InChI=1S/C15H22BrNOS2/c1-15(2,3)7-11(16)8-17-14(18)13-6-10-9-19-5-4-12(10)20-13/h6,11H,4-5,7-9H2,1-3H3,(H,17,18). The SMILES string of the molecule is CC(C)(C)CC(Br)CNC(=O)c1cc2c(s1)CCSC2. The highest BCUT2D eigenvalue weighted by molar-refractivity contribution is 9.09. The second kappa shape index (κ2) is 6.84. The molecule has 1 N–H and O–H groups in total. The van der Waals surface area contributed by atoms with Crippen LogP contribution in [0.3, 0.4) is 0 Å². The molecule has 1 aromatic heterocycles. The van der Waals surface area contributed by atoms with Crippen LogP contribution in [0.1, 0.15) is 47.3 Å². The van der Waals surface area contributed by atoms with Gasteiger partial charge < -0.3 is 5.32 Å². The number of alkyl halides is 1. The van der Waals surface area contributed by atoms with Crippen molar-refractivity contribution in [2.45, 2.75) is 44.2 Å². The zero-order valence-electron chi connectivity index (χ0n) is 12.3. The van der Waals surface area contributed by atoms with Gasteiger partial charge in [0.1, 0.15) is 0 Å². The number of hydrogen-bond acceptors (Lipinski definition) is 3. The minimum absolute atomic E-state index is 0.0766. The Morgan fingerprint density at radius 1 is 1.50 bits per heavy atom. The van der Waals surface area contributed by atoms with Crippen LogP contribution in [-0.2, 0) is 12.2 Å². The Kier molecular flexibility index (Phi) is 5.60. The average Bonchev–Trinajstić information content (AvgIpc) is 2.77. The Morgan fingerprint density at radius 3 is 2.90 bits per heavy atom. The largest absolute Gasteiger partial charge is 0.350 e. The van der Waals surface area contributed by atoms with Gasteiger partial charge in [0, 0.05) is 22.0 Å². The molecule has 0 aromatic carbocycles. The van der Waals surface area contributed by atoms with Crippen molar-refractivity contribution in [3.63, 3.8) is 0 Å². The van der Waals surface area contributed by atoms with Gasteiger partial charge in [-0.3, -0.25) is 4.79 Å². The highest BCUT2D eigenvalue weighted by Crippen LogP contribution is 2.31. The number of amides is 1.